The van der Waals surface area contributed by atoms with Crippen molar-refractivity contribution in [3.63, 3.8) is 0 Å². The van der Waals surface area contributed by atoms with Crippen LogP contribution >= 0.6 is 0 Å². The normalized spacial score (nSPS) is 9.89. The molecule has 7 nitrogen and oxygen atoms in total. The summed E-state index contributed by atoms with van der Waals surface area (Å²) in [7, 11) is 2.88. The number of hydrogen-bond donors (Lipinski definition) is 1. The van der Waals surface area contributed by atoms with Gasteiger partial charge in [0, 0.05) is 20.2 Å². The summed E-state index contributed by atoms with van der Waals surface area (Å²) in [5.74, 6) is -0.577. The van der Waals surface area contributed by atoms with Gasteiger partial charge in [0.2, 0.25) is 5.91 Å². The fraction of sp³-hybridized carbons (Fsp3) is 0.727. The third kappa shape index (κ3) is 8.50. The minimum atomic E-state index is -0.324. The molecule has 0 aliphatic carbocycles. The van der Waals surface area contributed by atoms with Crippen molar-refractivity contribution in [2.24, 2.45) is 0 Å². The predicted molar refractivity (Wildman–Crippen MR) is 63.6 cm³/mol. The first kappa shape index (κ1) is 16.4. The van der Waals surface area contributed by atoms with Gasteiger partial charge in [-0.2, -0.15) is 5.26 Å². The quantitative estimate of drug-likeness (QED) is 0.427. The molecular weight excluding hydrogens is 238 g/mol. The molecule has 102 valence electrons. The first-order valence-electron chi connectivity index (χ1n) is 5.55. The van der Waals surface area contributed by atoms with Crippen molar-refractivity contribution < 1.29 is 19.1 Å². The number of carbonyl (C=O) groups excluding carboxylic acids is 2. The van der Waals surface area contributed by atoms with Gasteiger partial charge in [-0.05, 0) is 0 Å². The Morgan fingerprint density at radius 3 is 2.61 bits per heavy atom. The van der Waals surface area contributed by atoms with E-state index in [1.807, 2.05) is 6.07 Å². The molecule has 1 N–H and O–H groups in total. The first-order valence-corrected chi connectivity index (χ1v) is 5.55. The largest absolute Gasteiger partial charge is 0.469 e. The SMILES string of the molecule is COCCN(CCC(=O)OC)CC(=O)NCC#N. The van der Waals surface area contributed by atoms with E-state index < -0.39 is 0 Å². The second-order valence-corrected chi connectivity index (χ2v) is 3.53. The van der Waals surface area contributed by atoms with Crippen molar-refractivity contribution >= 4 is 11.9 Å². The molecule has 0 radical (unpaired) electrons. The molecule has 0 fully saturated rings. The Hall–Kier alpha value is -1.65. The van der Waals surface area contributed by atoms with Crippen molar-refractivity contribution in [2.45, 2.75) is 6.42 Å². The van der Waals surface area contributed by atoms with E-state index in [0.29, 0.717) is 19.7 Å². The minimum absolute atomic E-state index is 0.0199. The number of nitriles is 1. The molecule has 0 saturated carbocycles. The minimum Gasteiger partial charge on any atom is -0.469 e. The van der Waals surface area contributed by atoms with E-state index in [1.54, 1.807) is 12.0 Å². The lowest BCUT2D eigenvalue weighted by molar-refractivity contribution is -0.141. The van der Waals surface area contributed by atoms with Gasteiger partial charge in [-0.15, -0.1) is 0 Å². The molecule has 1 amide bonds. The van der Waals surface area contributed by atoms with Crippen molar-refractivity contribution in [1.82, 2.24) is 10.2 Å². The van der Waals surface area contributed by atoms with E-state index in [2.05, 4.69) is 10.1 Å². The van der Waals surface area contributed by atoms with Crippen LogP contribution < -0.4 is 5.32 Å². The maximum Gasteiger partial charge on any atom is 0.306 e. The smallest absolute Gasteiger partial charge is 0.306 e. The number of carbonyl (C=O) groups is 2. The number of hydrogen-bond acceptors (Lipinski definition) is 6. The van der Waals surface area contributed by atoms with Crippen LogP contribution in [0.25, 0.3) is 0 Å². The standard InChI is InChI=1S/C11H19N3O4/c1-17-8-7-14(6-3-11(16)18-2)9-10(15)13-5-4-12/h3,5-9H2,1-2H3,(H,13,15). The van der Waals surface area contributed by atoms with Crippen molar-refractivity contribution in [2.75, 3.05) is 47.0 Å². The highest BCUT2D eigenvalue weighted by molar-refractivity contribution is 5.78. The van der Waals surface area contributed by atoms with E-state index >= 15 is 0 Å². The zero-order valence-corrected chi connectivity index (χ0v) is 10.8. The Kier molecular flexibility index (Phi) is 9.54. The van der Waals surface area contributed by atoms with E-state index in [9.17, 15) is 9.59 Å². The van der Waals surface area contributed by atoms with Crippen LogP contribution in [0.3, 0.4) is 0 Å². The molecule has 0 saturated heterocycles. The molecule has 0 spiro atoms. The average molecular weight is 257 g/mol. The molecule has 0 aromatic carbocycles. The molecular formula is C11H19N3O4. The molecule has 0 rings (SSSR count). The number of esters is 1. The van der Waals surface area contributed by atoms with Crippen LogP contribution in [0, 0.1) is 11.3 Å². The molecule has 0 aliphatic rings. The molecule has 7 heteroatoms. The molecule has 0 bridgehead atoms. The van der Waals surface area contributed by atoms with Crippen LogP contribution in [0.2, 0.25) is 0 Å². The topological polar surface area (TPSA) is 91.7 Å². The molecule has 0 heterocycles. The fourth-order valence-electron chi connectivity index (χ4n) is 1.24. The summed E-state index contributed by atoms with van der Waals surface area (Å²) < 4.78 is 9.46. The molecule has 0 aliphatic heterocycles. The maximum atomic E-state index is 11.4. The summed E-state index contributed by atoms with van der Waals surface area (Å²) in [4.78, 5) is 24.2. The summed E-state index contributed by atoms with van der Waals surface area (Å²) in [6.45, 7) is 1.52. The van der Waals surface area contributed by atoms with Gasteiger partial charge in [0.25, 0.3) is 0 Å². The lowest BCUT2D eigenvalue weighted by atomic mass is 10.3. The number of nitrogens with one attached hydrogen (secondary N) is 1. The lowest BCUT2D eigenvalue weighted by Crippen LogP contribution is -2.40. The van der Waals surface area contributed by atoms with Crippen LogP contribution in [-0.4, -0.2) is 63.8 Å². The summed E-state index contributed by atoms with van der Waals surface area (Å²) in [5.41, 5.74) is 0. The Labute approximate surface area is 107 Å². The van der Waals surface area contributed by atoms with E-state index in [0.717, 1.165) is 0 Å². The van der Waals surface area contributed by atoms with Crippen molar-refractivity contribution in [3.8, 4) is 6.07 Å². The summed E-state index contributed by atoms with van der Waals surface area (Å²) in [6, 6.07) is 1.83. The molecule has 18 heavy (non-hydrogen) atoms. The fourth-order valence-corrected chi connectivity index (χ4v) is 1.24. The highest BCUT2D eigenvalue weighted by Gasteiger charge is 2.12. The predicted octanol–water partition coefficient (Wildman–Crippen LogP) is -0.862. The second-order valence-electron chi connectivity index (χ2n) is 3.53. The number of nitrogens with zero attached hydrogens (tertiary/aromatic N) is 2. The number of amides is 1. The third-order valence-corrected chi connectivity index (χ3v) is 2.20. The molecule has 0 atom stereocenters. The Morgan fingerprint density at radius 2 is 2.06 bits per heavy atom. The summed E-state index contributed by atoms with van der Waals surface area (Å²) in [5, 5.41) is 10.8. The van der Waals surface area contributed by atoms with Gasteiger partial charge in [0.05, 0.1) is 32.8 Å². The van der Waals surface area contributed by atoms with Gasteiger partial charge >= 0.3 is 5.97 Å². The number of rotatable bonds is 9. The zero-order chi connectivity index (χ0) is 13.8. The van der Waals surface area contributed by atoms with Crippen LogP contribution in [0.1, 0.15) is 6.42 Å². The first-order chi connectivity index (χ1) is 8.63. The third-order valence-electron chi connectivity index (χ3n) is 2.20. The van der Waals surface area contributed by atoms with Gasteiger partial charge in [0.1, 0.15) is 6.54 Å². The highest BCUT2D eigenvalue weighted by Crippen LogP contribution is 1.94. The average Bonchev–Trinajstić information content (AvgIpc) is 2.38. The number of ether oxygens (including phenoxy) is 2. The second kappa shape index (κ2) is 10.5. The zero-order valence-electron chi connectivity index (χ0n) is 10.8. The van der Waals surface area contributed by atoms with Crippen molar-refractivity contribution in [1.29, 1.82) is 5.26 Å². The van der Waals surface area contributed by atoms with Crippen LogP contribution in [0.15, 0.2) is 0 Å². The van der Waals surface area contributed by atoms with E-state index in [4.69, 9.17) is 10.00 Å². The van der Waals surface area contributed by atoms with Gasteiger partial charge < -0.3 is 14.8 Å². The Bertz CT molecular complexity index is 301. The van der Waals surface area contributed by atoms with Crippen LogP contribution in [0.4, 0.5) is 0 Å². The van der Waals surface area contributed by atoms with E-state index in [1.165, 1.54) is 7.11 Å². The molecule has 0 aromatic rings. The Balaban J connectivity index is 4.09. The lowest BCUT2D eigenvalue weighted by Gasteiger charge is -2.20. The molecule has 0 aromatic heterocycles. The number of methoxy groups -OCH3 is 2. The van der Waals surface area contributed by atoms with Gasteiger partial charge in [-0.3, -0.25) is 14.5 Å². The summed E-state index contributed by atoms with van der Waals surface area (Å²) >= 11 is 0. The maximum absolute atomic E-state index is 11.4. The van der Waals surface area contributed by atoms with Gasteiger partial charge in [-0.1, -0.05) is 0 Å². The van der Waals surface area contributed by atoms with Crippen molar-refractivity contribution in [3.05, 3.63) is 0 Å². The van der Waals surface area contributed by atoms with Gasteiger partial charge in [0.15, 0.2) is 0 Å². The van der Waals surface area contributed by atoms with Gasteiger partial charge in [-0.25, -0.2) is 0 Å². The monoisotopic (exact) mass is 257 g/mol. The Morgan fingerprint density at radius 1 is 1.33 bits per heavy atom. The molecule has 0 unspecified atom stereocenters. The highest BCUT2D eigenvalue weighted by atomic mass is 16.5. The van der Waals surface area contributed by atoms with Crippen LogP contribution in [0.5, 0.6) is 0 Å². The van der Waals surface area contributed by atoms with Crippen LogP contribution in [-0.2, 0) is 19.1 Å². The van der Waals surface area contributed by atoms with E-state index in [-0.39, 0.29) is 31.4 Å². The summed E-state index contributed by atoms with van der Waals surface area (Å²) in [6.07, 6.45) is 0.214.